The minimum Gasteiger partial charge on any atom is -0.290 e. The highest BCUT2D eigenvalue weighted by atomic mass is 16.1. The van der Waals surface area contributed by atoms with Crippen LogP contribution in [0.25, 0.3) is 16.6 Å². The van der Waals surface area contributed by atoms with Gasteiger partial charge >= 0.3 is 0 Å². The van der Waals surface area contributed by atoms with Gasteiger partial charge in [0, 0.05) is 0 Å². The van der Waals surface area contributed by atoms with Gasteiger partial charge in [-0.05, 0) is 30.7 Å². The van der Waals surface area contributed by atoms with Crippen molar-refractivity contribution in [3.63, 3.8) is 0 Å². The molecule has 84 valence electrons. The second-order valence-electron chi connectivity index (χ2n) is 4.09. The van der Waals surface area contributed by atoms with E-state index < -0.39 is 0 Å². The third kappa shape index (κ3) is 1.47. The number of benzene rings is 2. The van der Waals surface area contributed by atoms with Crippen LogP contribution >= 0.6 is 0 Å². The highest BCUT2D eigenvalue weighted by molar-refractivity contribution is 5.81. The van der Waals surface area contributed by atoms with Crippen LogP contribution in [0.3, 0.4) is 0 Å². The number of H-pyrrole nitrogens is 1. The Hall–Kier alpha value is -2.29. The number of para-hydroxylation sites is 2. The fourth-order valence-corrected chi connectivity index (χ4v) is 2.04. The molecule has 17 heavy (non-hydrogen) atoms. The standard InChI is InChI=1S/C14H12N2O/c1-10-6-5-9-12-13(10)15-16(14(12)17)11-7-3-2-4-8-11/h2-9,15H,1H3. The second kappa shape index (κ2) is 3.63. The van der Waals surface area contributed by atoms with Crippen LogP contribution in [0, 0.1) is 6.92 Å². The third-order valence-corrected chi connectivity index (χ3v) is 2.94. The highest BCUT2D eigenvalue weighted by Crippen LogP contribution is 2.14. The smallest absolute Gasteiger partial charge is 0.279 e. The average molecular weight is 224 g/mol. The van der Waals surface area contributed by atoms with Gasteiger partial charge in [0.05, 0.1) is 16.6 Å². The summed E-state index contributed by atoms with van der Waals surface area (Å²) in [5.41, 5.74) is 2.83. The lowest BCUT2D eigenvalue weighted by molar-refractivity contribution is 0.862. The first-order valence-electron chi connectivity index (χ1n) is 5.53. The molecule has 0 aliphatic heterocycles. The Morgan fingerprint density at radius 3 is 2.47 bits per heavy atom. The number of nitrogens with one attached hydrogen (secondary N) is 1. The zero-order chi connectivity index (χ0) is 11.8. The number of hydrogen-bond acceptors (Lipinski definition) is 1. The maximum absolute atomic E-state index is 12.2. The van der Waals surface area contributed by atoms with Gasteiger partial charge in [0.25, 0.3) is 5.56 Å². The molecule has 1 N–H and O–H groups in total. The Morgan fingerprint density at radius 1 is 1.00 bits per heavy atom. The minimum atomic E-state index is -0.00472. The SMILES string of the molecule is Cc1cccc2c(=O)n(-c3ccccc3)[nH]c12. The number of aromatic amines is 1. The number of aryl methyl sites for hydroxylation is 1. The van der Waals surface area contributed by atoms with E-state index in [1.54, 1.807) is 4.68 Å². The van der Waals surface area contributed by atoms with Crippen LogP contribution in [0.5, 0.6) is 0 Å². The molecule has 3 nitrogen and oxygen atoms in total. The molecule has 3 rings (SSSR count). The van der Waals surface area contributed by atoms with E-state index in [9.17, 15) is 4.79 Å². The van der Waals surface area contributed by atoms with Gasteiger partial charge in [0.1, 0.15) is 0 Å². The largest absolute Gasteiger partial charge is 0.290 e. The molecule has 0 radical (unpaired) electrons. The maximum atomic E-state index is 12.2. The van der Waals surface area contributed by atoms with E-state index in [1.807, 2.05) is 55.5 Å². The molecule has 3 heteroatoms. The first kappa shape index (κ1) is 9.90. The second-order valence-corrected chi connectivity index (χ2v) is 4.09. The van der Waals surface area contributed by atoms with E-state index in [0.717, 1.165) is 22.2 Å². The molecule has 0 atom stereocenters. The normalized spacial score (nSPS) is 10.9. The lowest BCUT2D eigenvalue weighted by atomic mass is 10.2. The summed E-state index contributed by atoms with van der Waals surface area (Å²) < 4.78 is 1.58. The summed E-state index contributed by atoms with van der Waals surface area (Å²) in [6.07, 6.45) is 0. The number of hydrogen-bond donors (Lipinski definition) is 1. The Balaban J connectivity index is 2.37. The van der Waals surface area contributed by atoms with Crippen molar-refractivity contribution in [2.75, 3.05) is 0 Å². The molecule has 3 aromatic rings. The monoisotopic (exact) mass is 224 g/mol. The molecule has 0 fully saturated rings. The van der Waals surface area contributed by atoms with Gasteiger partial charge in [-0.15, -0.1) is 0 Å². The van der Waals surface area contributed by atoms with Gasteiger partial charge in [0.2, 0.25) is 0 Å². The van der Waals surface area contributed by atoms with Crippen LogP contribution < -0.4 is 5.56 Å². The minimum absolute atomic E-state index is 0.00472. The van der Waals surface area contributed by atoms with Crippen molar-refractivity contribution in [1.29, 1.82) is 0 Å². The fraction of sp³-hybridized carbons (Fsp3) is 0.0714. The quantitative estimate of drug-likeness (QED) is 0.678. The van der Waals surface area contributed by atoms with Crippen molar-refractivity contribution in [3.8, 4) is 5.69 Å². The molecule has 0 bridgehead atoms. The van der Waals surface area contributed by atoms with E-state index in [0.29, 0.717) is 0 Å². The van der Waals surface area contributed by atoms with Crippen molar-refractivity contribution in [3.05, 3.63) is 64.4 Å². The lowest BCUT2D eigenvalue weighted by Crippen LogP contribution is -2.13. The molecule has 0 spiro atoms. The molecule has 0 unspecified atom stereocenters. The van der Waals surface area contributed by atoms with Crippen LogP contribution in [0.4, 0.5) is 0 Å². The Morgan fingerprint density at radius 2 is 1.76 bits per heavy atom. The van der Waals surface area contributed by atoms with Crippen LogP contribution in [0.1, 0.15) is 5.56 Å². The summed E-state index contributed by atoms with van der Waals surface area (Å²) >= 11 is 0. The summed E-state index contributed by atoms with van der Waals surface area (Å²) in [7, 11) is 0. The van der Waals surface area contributed by atoms with E-state index in [4.69, 9.17) is 0 Å². The number of fused-ring (bicyclic) bond motifs is 1. The van der Waals surface area contributed by atoms with E-state index in [2.05, 4.69) is 5.10 Å². The summed E-state index contributed by atoms with van der Waals surface area (Å²) in [5.74, 6) is 0. The molecule has 1 aromatic heterocycles. The molecule has 0 saturated heterocycles. The first-order chi connectivity index (χ1) is 8.27. The molecule has 1 heterocycles. The topological polar surface area (TPSA) is 37.8 Å². The third-order valence-electron chi connectivity index (χ3n) is 2.94. The Labute approximate surface area is 98.3 Å². The zero-order valence-corrected chi connectivity index (χ0v) is 9.47. The fourth-order valence-electron chi connectivity index (χ4n) is 2.04. The molecule has 0 saturated carbocycles. The zero-order valence-electron chi connectivity index (χ0n) is 9.47. The van der Waals surface area contributed by atoms with Crippen molar-refractivity contribution in [1.82, 2.24) is 9.78 Å². The Bertz CT molecular complexity index is 723. The average Bonchev–Trinajstić information content (AvgIpc) is 2.70. The van der Waals surface area contributed by atoms with E-state index >= 15 is 0 Å². The Kier molecular flexibility index (Phi) is 2.11. The number of aromatic nitrogens is 2. The van der Waals surface area contributed by atoms with Crippen molar-refractivity contribution < 1.29 is 0 Å². The highest BCUT2D eigenvalue weighted by Gasteiger charge is 2.08. The van der Waals surface area contributed by atoms with Gasteiger partial charge in [-0.1, -0.05) is 30.3 Å². The predicted molar refractivity (Wildman–Crippen MR) is 68.6 cm³/mol. The van der Waals surface area contributed by atoms with Gasteiger partial charge in [0.15, 0.2) is 0 Å². The van der Waals surface area contributed by atoms with Crippen molar-refractivity contribution >= 4 is 10.9 Å². The number of nitrogens with zero attached hydrogens (tertiary/aromatic N) is 1. The van der Waals surface area contributed by atoms with Gasteiger partial charge in [-0.2, -0.15) is 0 Å². The van der Waals surface area contributed by atoms with Crippen molar-refractivity contribution in [2.45, 2.75) is 6.92 Å². The summed E-state index contributed by atoms with van der Waals surface area (Å²) in [4.78, 5) is 12.2. The van der Waals surface area contributed by atoms with Gasteiger partial charge in [-0.3, -0.25) is 9.89 Å². The van der Waals surface area contributed by atoms with Crippen LogP contribution in [0.15, 0.2) is 53.3 Å². The van der Waals surface area contributed by atoms with Crippen LogP contribution in [0.2, 0.25) is 0 Å². The van der Waals surface area contributed by atoms with Gasteiger partial charge in [-0.25, -0.2) is 4.68 Å². The summed E-state index contributed by atoms with van der Waals surface area (Å²) in [5, 5.41) is 3.88. The lowest BCUT2D eigenvalue weighted by Gasteiger charge is -1.99. The summed E-state index contributed by atoms with van der Waals surface area (Å²) in [6.45, 7) is 1.99. The predicted octanol–water partition coefficient (Wildman–Crippen LogP) is 2.63. The van der Waals surface area contributed by atoms with E-state index in [-0.39, 0.29) is 5.56 Å². The molecular formula is C14H12N2O. The molecule has 0 aliphatic carbocycles. The molecule has 2 aromatic carbocycles. The first-order valence-corrected chi connectivity index (χ1v) is 5.53. The van der Waals surface area contributed by atoms with Crippen LogP contribution in [-0.2, 0) is 0 Å². The van der Waals surface area contributed by atoms with Crippen LogP contribution in [-0.4, -0.2) is 9.78 Å². The summed E-state index contributed by atoms with van der Waals surface area (Å²) in [6, 6.07) is 15.3. The van der Waals surface area contributed by atoms with E-state index in [1.165, 1.54) is 0 Å². The molecule has 0 amide bonds. The van der Waals surface area contributed by atoms with Crippen molar-refractivity contribution in [2.24, 2.45) is 0 Å². The number of rotatable bonds is 1. The van der Waals surface area contributed by atoms with Gasteiger partial charge < -0.3 is 0 Å². The maximum Gasteiger partial charge on any atom is 0.279 e. The molecular weight excluding hydrogens is 212 g/mol. The molecule has 0 aliphatic rings.